The van der Waals surface area contributed by atoms with Crippen LogP contribution in [0.25, 0.3) is 10.9 Å². The van der Waals surface area contributed by atoms with E-state index >= 15 is 0 Å². The van der Waals surface area contributed by atoms with Crippen molar-refractivity contribution >= 4 is 34.4 Å². The molecule has 0 aliphatic heterocycles. The molecular formula is C28H26ClNO4. The Morgan fingerprint density at radius 2 is 1.59 bits per heavy atom. The summed E-state index contributed by atoms with van der Waals surface area (Å²) in [6.45, 7) is 6.07. The standard InChI is InChI=1S/C28H26ClNO4/c1-17-11-18(2)13-20(12-17)16-34-27(31)15-24-19(3)30(26-10-9-23(33-4)14-25(24)26)28(32)21-5-7-22(29)8-6-21/h5-14H,15-16H2,1-4H3. The predicted molar refractivity (Wildman–Crippen MR) is 134 cm³/mol. The van der Waals surface area contributed by atoms with Crippen LogP contribution in [0.3, 0.4) is 0 Å². The number of aromatic nitrogens is 1. The van der Waals surface area contributed by atoms with Gasteiger partial charge in [-0.3, -0.25) is 14.2 Å². The normalized spacial score (nSPS) is 11.0. The lowest BCUT2D eigenvalue weighted by molar-refractivity contribution is -0.144. The van der Waals surface area contributed by atoms with E-state index < -0.39 is 0 Å². The summed E-state index contributed by atoms with van der Waals surface area (Å²) in [6, 6.07) is 18.3. The van der Waals surface area contributed by atoms with Gasteiger partial charge < -0.3 is 9.47 Å². The molecule has 174 valence electrons. The maximum atomic E-state index is 13.4. The largest absolute Gasteiger partial charge is 0.497 e. The van der Waals surface area contributed by atoms with E-state index in [1.54, 1.807) is 42.0 Å². The van der Waals surface area contributed by atoms with Crippen LogP contribution < -0.4 is 4.74 Å². The predicted octanol–water partition coefficient (Wildman–Crippen LogP) is 6.20. The molecule has 0 aliphatic rings. The number of esters is 1. The van der Waals surface area contributed by atoms with E-state index in [0.29, 0.717) is 27.5 Å². The first-order valence-electron chi connectivity index (χ1n) is 11.0. The van der Waals surface area contributed by atoms with Crippen LogP contribution in [0, 0.1) is 20.8 Å². The van der Waals surface area contributed by atoms with Crippen LogP contribution in [0.2, 0.25) is 5.02 Å². The molecule has 0 saturated carbocycles. The Labute approximate surface area is 203 Å². The SMILES string of the molecule is COc1ccc2c(c1)c(CC(=O)OCc1cc(C)cc(C)c1)c(C)n2C(=O)c1ccc(Cl)cc1. The molecule has 34 heavy (non-hydrogen) atoms. The van der Waals surface area contributed by atoms with Crippen LogP contribution in [0.1, 0.15) is 38.3 Å². The summed E-state index contributed by atoms with van der Waals surface area (Å²) in [4.78, 5) is 26.2. The summed E-state index contributed by atoms with van der Waals surface area (Å²) in [6.07, 6.45) is 0.0429. The van der Waals surface area contributed by atoms with E-state index in [1.807, 2.05) is 45.0 Å². The van der Waals surface area contributed by atoms with Crippen molar-refractivity contribution in [1.29, 1.82) is 0 Å². The maximum absolute atomic E-state index is 13.4. The van der Waals surface area contributed by atoms with Crippen molar-refractivity contribution < 1.29 is 19.1 Å². The molecule has 1 heterocycles. The first-order chi connectivity index (χ1) is 16.3. The van der Waals surface area contributed by atoms with Gasteiger partial charge in [0.1, 0.15) is 12.4 Å². The Hall–Kier alpha value is -3.57. The number of rotatable bonds is 6. The van der Waals surface area contributed by atoms with Crippen LogP contribution in [0.5, 0.6) is 5.75 Å². The van der Waals surface area contributed by atoms with Gasteiger partial charge in [-0.05, 0) is 74.4 Å². The van der Waals surface area contributed by atoms with Gasteiger partial charge in [0, 0.05) is 21.7 Å². The molecule has 0 atom stereocenters. The van der Waals surface area contributed by atoms with Crippen molar-refractivity contribution in [3.05, 3.63) is 99.2 Å². The molecule has 0 aliphatic carbocycles. The minimum atomic E-state index is -0.358. The highest BCUT2D eigenvalue weighted by Gasteiger charge is 2.22. The third-order valence-electron chi connectivity index (χ3n) is 5.84. The third kappa shape index (κ3) is 4.85. The molecule has 5 nitrogen and oxygen atoms in total. The Balaban J connectivity index is 1.67. The zero-order valence-corrected chi connectivity index (χ0v) is 20.4. The second-order valence-electron chi connectivity index (χ2n) is 8.43. The molecule has 1 aromatic heterocycles. The number of carbonyl (C=O) groups excluding carboxylic acids is 2. The Kier molecular flexibility index (Phi) is 6.75. The minimum absolute atomic E-state index is 0.0429. The highest BCUT2D eigenvalue weighted by Crippen LogP contribution is 2.31. The fraction of sp³-hybridized carbons (Fsp3) is 0.214. The summed E-state index contributed by atoms with van der Waals surface area (Å²) < 4.78 is 12.6. The Bertz CT molecular complexity index is 1370. The molecular weight excluding hydrogens is 450 g/mol. The number of hydrogen-bond acceptors (Lipinski definition) is 4. The lowest BCUT2D eigenvalue weighted by atomic mass is 10.1. The highest BCUT2D eigenvalue weighted by molar-refractivity contribution is 6.30. The second kappa shape index (κ2) is 9.74. The smallest absolute Gasteiger partial charge is 0.310 e. The van der Waals surface area contributed by atoms with Crippen LogP contribution in [-0.4, -0.2) is 23.6 Å². The molecule has 0 bridgehead atoms. The number of nitrogens with zero attached hydrogens (tertiary/aromatic N) is 1. The van der Waals surface area contributed by atoms with Gasteiger partial charge >= 0.3 is 5.97 Å². The number of methoxy groups -OCH3 is 1. The van der Waals surface area contributed by atoms with Crippen molar-refractivity contribution in [1.82, 2.24) is 4.57 Å². The van der Waals surface area contributed by atoms with Gasteiger partial charge in [-0.1, -0.05) is 40.9 Å². The maximum Gasteiger partial charge on any atom is 0.310 e. The van der Waals surface area contributed by atoms with E-state index in [-0.39, 0.29) is 24.9 Å². The quantitative estimate of drug-likeness (QED) is 0.311. The van der Waals surface area contributed by atoms with Crippen molar-refractivity contribution in [3.8, 4) is 5.75 Å². The average Bonchev–Trinajstić information content (AvgIpc) is 3.07. The van der Waals surface area contributed by atoms with Gasteiger partial charge in [-0.25, -0.2) is 0 Å². The third-order valence-corrected chi connectivity index (χ3v) is 6.09. The van der Waals surface area contributed by atoms with Gasteiger partial charge in [0.2, 0.25) is 0 Å². The van der Waals surface area contributed by atoms with Gasteiger partial charge in [-0.2, -0.15) is 0 Å². The molecule has 0 unspecified atom stereocenters. The number of aryl methyl sites for hydroxylation is 2. The summed E-state index contributed by atoms with van der Waals surface area (Å²) in [5.41, 5.74) is 5.83. The average molecular weight is 476 g/mol. The van der Waals surface area contributed by atoms with E-state index in [4.69, 9.17) is 21.1 Å². The molecule has 0 radical (unpaired) electrons. The topological polar surface area (TPSA) is 57.5 Å². The number of ether oxygens (including phenoxy) is 2. The van der Waals surface area contributed by atoms with E-state index in [0.717, 1.165) is 27.6 Å². The molecule has 4 rings (SSSR count). The summed E-state index contributed by atoms with van der Waals surface area (Å²) in [7, 11) is 1.58. The summed E-state index contributed by atoms with van der Waals surface area (Å²) >= 11 is 5.99. The van der Waals surface area contributed by atoms with Gasteiger partial charge in [-0.15, -0.1) is 0 Å². The van der Waals surface area contributed by atoms with E-state index in [1.165, 1.54) is 0 Å². The van der Waals surface area contributed by atoms with Crippen LogP contribution in [-0.2, 0) is 22.6 Å². The lowest BCUT2D eigenvalue weighted by Crippen LogP contribution is -2.14. The molecule has 6 heteroatoms. The van der Waals surface area contributed by atoms with Crippen molar-refractivity contribution in [2.45, 2.75) is 33.8 Å². The number of hydrogen-bond donors (Lipinski definition) is 0. The summed E-state index contributed by atoms with van der Waals surface area (Å²) in [5.74, 6) is 0.0932. The van der Waals surface area contributed by atoms with Gasteiger partial charge in [0.25, 0.3) is 5.91 Å². The van der Waals surface area contributed by atoms with Crippen LogP contribution in [0.4, 0.5) is 0 Å². The number of fused-ring (bicyclic) bond motifs is 1. The monoisotopic (exact) mass is 475 g/mol. The van der Waals surface area contributed by atoms with Crippen molar-refractivity contribution in [3.63, 3.8) is 0 Å². The first-order valence-corrected chi connectivity index (χ1v) is 11.4. The van der Waals surface area contributed by atoms with E-state index in [2.05, 4.69) is 6.07 Å². The zero-order valence-electron chi connectivity index (χ0n) is 19.6. The summed E-state index contributed by atoms with van der Waals surface area (Å²) in [5, 5.41) is 1.34. The molecule has 3 aromatic carbocycles. The van der Waals surface area contributed by atoms with Crippen LogP contribution in [0.15, 0.2) is 60.7 Å². The zero-order chi connectivity index (χ0) is 24.4. The Morgan fingerprint density at radius 3 is 2.24 bits per heavy atom. The number of carbonyl (C=O) groups is 2. The molecule has 0 fully saturated rings. The molecule has 0 N–H and O–H groups in total. The fourth-order valence-electron chi connectivity index (χ4n) is 4.31. The lowest BCUT2D eigenvalue weighted by Gasteiger charge is -2.09. The minimum Gasteiger partial charge on any atom is -0.497 e. The number of benzene rings is 3. The second-order valence-corrected chi connectivity index (χ2v) is 8.86. The fourth-order valence-corrected chi connectivity index (χ4v) is 4.43. The number of halogens is 1. The van der Waals surface area contributed by atoms with Crippen molar-refractivity contribution in [2.24, 2.45) is 0 Å². The van der Waals surface area contributed by atoms with Gasteiger partial charge in [0.15, 0.2) is 0 Å². The molecule has 0 saturated heterocycles. The van der Waals surface area contributed by atoms with E-state index in [9.17, 15) is 9.59 Å². The molecule has 0 spiro atoms. The van der Waals surface area contributed by atoms with Crippen molar-refractivity contribution in [2.75, 3.05) is 7.11 Å². The first kappa shape index (κ1) is 23.6. The Morgan fingerprint density at radius 1 is 0.912 bits per heavy atom. The van der Waals surface area contributed by atoms with Crippen LogP contribution >= 0.6 is 11.6 Å². The van der Waals surface area contributed by atoms with Gasteiger partial charge in [0.05, 0.1) is 19.0 Å². The molecule has 4 aromatic rings. The molecule has 0 amide bonds. The highest BCUT2D eigenvalue weighted by atomic mass is 35.5.